The Morgan fingerprint density at radius 1 is 1.43 bits per heavy atom. The fraction of sp³-hybridized carbons (Fsp3) is 0.300. The summed E-state index contributed by atoms with van der Waals surface area (Å²) in [7, 11) is 0. The minimum atomic E-state index is 0.0544. The molecule has 0 saturated heterocycles. The van der Waals surface area contributed by atoms with Crippen LogP contribution in [0, 0.1) is 0 Å². The van der Waals surface area contributed by atoms with Crippen LogP contribution in [0.15, 0.2) is 12.1 Å². The maximum Gasteiger partial charge on any atom is 0.168 e. The van der Waals surface area contributed by atoms with Crippen LogP contribution in [0.4, 0.5) is 5.69 Å². The highest BCUT2D eigenvalue weighted by atomic mass is 35.5. The summed E-state index contributed by atoms with van der Waals surface area (Å²) in [6.45, 7) is 1.96. The van der Waals surface area contributed by atoms with E-state index in [4.69, 9.17) is 23.2 Å². The van der Waals surface area contributed by atoms with Crippen molar-refractivity contribution >= 4 is 34.7 Å². The van der Waals surface area contributed by atoms with E-state index in [0.29, 0.717) is 22.0 Å². The second-order valence-electron chi connectivity index (χ2n) is 3.46. The molecule has 14 heavy (non-hydrogen) atoms. The zero-order valence-corrected chi connectivity index (χ0v) is 9.12. The molecule has 0 bridgehead atoms. The lowest BCUT2D eigenvalue weighted by atomic mass is 9.98. The van der Waals surface area contributed by atoms with Crippen molar-refractivity contribution in [3.8, 4) is 0 Å². The fourth-order valence-corrected chi connectivity index (χ4v) is 2.07. The van der Waals surface area contributed by atoms with Gasteiger partial charge in [0.2, 0.25) is 0 Å². The largest absolute Gasteiger partial charge is 0.382 e. The molecule has 2 nitrogen and oxygen atoms in total. The van der Waals surface area contributed by atoms with E-state index in [9.17, 15) is 4.79 Å². The third-order valence-corrected chi connectivity index (χ3v) is 3.07. The average molecular weight is 230 g/mol. The number of benzene rings is 1. The van der Waals surface area contributed by atoms with Gasteiger partial charge in [-0.25, -0.2) is 0 Å². The Labute approximate surface area is 92.2 Å². The molecule has 0 amide bonds. The maximum atomic E-state index is 11.7. The summed E-state index contributed by atoms with van der Waals surface area (Å²) >= 11 is 11.8. The van der Waals surface area contributed by atoms with Crippen molar-refractivity contribution in [3.63, 3.8) is 0 Å². The van der Waals surface area contributed by atoms with Crippen molar-refractivity contribution in [1.29, 1.82) is 0 Å². The standard InChI is InChI=1S/C10H9Cl2NO/c1-5-4-8(14)9-7(13-5)3-2-6(11)10(9)12/h2-3,5,13H,4H2,1H3. The summed E-state index contributed by atoms with van der Waals surface area (Å²) in [6.07, 6.45) is 0.465. The van der Waals surface area contributed by atoms with Crippen LogP contribution in [0.25, 0.3) is 0 Å². The summed E-state index contributed by atoms with van der Waals surface area (Å²) < 4.78 is 0. The molecule has 4 heteroatoms. The van der Waals surface area contributed by atoms with E-state index in [0.717, 1.165) is 5.69 Å². The van der Waals surface area contributed by atoms with E-state index in [-0.39, 0.29) is 11.8 Å². The molecule has 74 valence electrons. The number of anilines is 1. The third kappa shape index (κ3) is 1.49. The summed E-state index contributed by atoms with van der Waals surface area (Å²) in [5, 5.41) is 3.98. The molecule has 0 fully saturated rings. The first-order valence-electron chi connectivity index (χ1n) is 4.37. The number of hydrogen-bond acceptors (Lipinski definition) is 2. The van der Waals surface area contributed by atoms with Gasteiger partial charge in [0.25, 0.3) is 0 Å². The van der Waals surface area contributed by atoms with Crippen LogP contribution in [0.3, 0.4) is 0 Å². The number of halogens is 2. The van der Waals surface area contributed by atoms with Crippen LogP contribution in [0.5, 0.6) is 0 Å². The van der Waals surface area contributed by atoms with Gasteiger partial charge >= 0.3 is 0 Å². The van der Waals surface area contributed by atoms with Gasteiger partial charge in [0.1, 0.15) is 0 Å². The summed E-state index contributed by atoms with van der Waals surface area (Å²) in [6, 6.07) is 3.64. The van der Waals surface area contributed by atoms with Crippen LogP contribution in [0.2, 0.25) is 10.0 Å². The molecular weight excluding hydrogens is 221 g/mol. The average Bonchev–Trinajstić information content (AvgIpc) is 2.10. The van der Waals surface area contributed by atoms with Gasteiger partial charge in [-0.1, -0.05) is 23.2 Å². The van der Waals surface area contributed by atoms with Crippen LogP contribution in [-0.4, -0.2) is 11.8 Å². The zero-order valence-electron chi connectivity index (χ0n) is 7.60. The normalized spacial score (nSPS) is 20.2. The number of carbonyl (C=O) groups excluding carboxylic acids is 1. The van der Waals surface area contributed by atoms with Gasteiger partial charge in [0.05, 0.1) is 15.6 Å². The number of ketones is 1. The molecule has 0 aliphatic carbocycles. The Kier molecular flexibility index (Phi) is 2.41. The molecule has 1 N–H and O–H groups in total. The van der Waals surface area contributed by atoms with E-state index < -0.39 is 0 Å². The molecule has 1 atom stereocenters. The second-order valence-corrected chi connectivity index (χ2v) is 4.24. The molecule has 0 saturated carbocycles. The minimum Gasteiger partial charge on any atom is -0.382 e. The van der Waals surface area contributed by atoms with Crippen molar-refractivity contribution < 1.29 is 4.79 Å². The van der Waals surface area contributed by atoms with Gasteiger partial charge in [0, 0.05) is 18.2 Å². The number of rotatable bonds is 0. The predicted molar refractivity (Wildman–Crippen MR) is 58.5 cm³/mol. The lowest BCUT2D eigenvalue weighted by molar-refractivity contribution is 0.0975. The molecule has 1 unspecified atom stereocenters. The molecule has 1 aromatic carbocycles. The Morgan fingerprint density at radius 3 is 2.86 bits per heavy atom. The van der Waals surface area contributed by atoms with Crippen LogP contribution >= 0.6 is 23.2 Å². The Balaban J connectivity index is 2.60. The number of Topliss-reactive ketones (excluding diaryl/α,β-unsaturated/α-hetero) is 1. The summed E-state index contributed by atoms with van der Waals surface area (Å²) in [5.41, 5.74) is 1.31. The number of hydrogen-bond donors (Lipinski definition) is 1. The van der Waals surface area contributed by atoms with Crippen LogP contribution in [-0.2, 0) is 0 Å². The van der Waals surface area contributed by atoms with Gasteiger partial charge in [-0.15, -0.1) is 0 Å². The molecular formula is C10H9Cl2NO. The third-order valence-electron chi connectivity index (χ3n) is 2.27. The first-order valence-corrected chi connectivity index (χ1v) is 5.13. The lowest BCUT2D eigenvalue weighted by Gasteiger charge is -2.24. The Morgan fingerprint density at radius 2 is 2.14 bits per heavy atom. The maximum absolute atomic E-state index is 11.7. The topological polar surface area (TPSA) is 29.1 Å². The van der Waals surface area contributed by atoms with Crippen molar-refractivity contribution in [3.05, 3.63) is 27.7 Å². The van der Waals surface area contributed by atoms with Gasteiger partial charge in [-0.3, -0.25) is 4.79 Å². The SMILES string of the molecule is CC1CC(=O)c2c(ccc(Cl)c2Cl)N1. The van der Waals surface area contributed by atoms with E-state index in [1.54, 1.807) is 12.1 Å². The van der Waals surface area contributed by atoms with Crippen molar-refractivity contribution in [2.75, 3.05) is 5.32 Å². The van der Waals surface area contributed by atoms with E-state index in [1.165, 1.54) is 0 Å². The van der Waals surface area contributed by atoms with E-state index >= 15 is 0 Å². The van der Waals surface area contributed by atoms with Gasteiger partial charge in [0.15, 0.2) is 5.78 Å². The zero-order chi connectivity index (χ0) is 10.3. The van der Waals surface area contributed by atoms with Crippen molar-refractivity contribution in [1.82, 2.24) is 0 Å². The number of nitrogens with one attached hydrogen (secondary N) is 1. The monoisotopic (exact) mass is 229 g/mol. The highest BCUT2D eigenvalue weighted by Crippen LogP contribution is 2.35. The molecule has 1 heterocycles. The minimum absolute atomic E-state index is 0.0544. The molecule has 1 aromatic rings. The van der Waals surface area contributed by atoms with Crippen LogP contribution in [0.1, 0.15) is 23.7 Å². The highest BCUT2D eigenvalue weighted by Gasteiger charge is 2.25. The van der Waals surface area contributed by atoms with E-state index in [1.807, 2.05) is 6.92 Å². The number of fused-ring (bicyclic) bond motifs is 1. The van der Waals surface area contributed by atoms with Crippen molar-refractivity contribution in [2.24, 2.45) is 0 Å². The molecule has 0 aromatic heterocycles. The lowest BCUT2D eigenvalue weighted by Crippen LogP contribution is -2.26. The fourth-order valence-electron chi connectivity index (χ4n) is 1.64. The first kappa shape index (κ1) is 9.81. The first-order chi connectivity index (χ1) is 6.59. The van der Waals surface area contributed by atoms with Crippen LogP contribution < -0.4 is 5.32 Å². The molecule has 1 aliphatic rings. The predicted octanol–water partition coefficient (Wildman–Crippen LogP) is 3.38. The molecule has 0 spiro atoms. The van der Waals surface area contributed by atoms with Gasteiger partial charge in [-0.2, -0.15) is 0 Å². The second kappa shape index (κ2) is 3.44. The van der Waals surface area contributed by atoms with E-state index in [2.05, 4.69) is 5.32 Å². The number of carbonyl (C=O) groups is 1. The van der Waals surface area contributed by atoms with Gasteiger partial charge < -0.3 is 5.32 Å². The highest BCUT2D eigenvalue weighted by molar-refractivity contribution is 6.44. The van der Waals surface area contributed by atoms with Crippen molar-refractivity contribution in [2.45, 2.75) is 19.4 Å². The molecule has 1 aliphatic heterocycles. The smallest absolute Gasteiger partial charge is 0.168 e. The molecule has 0 radical (unpaired) electrons. The quantitative estimate of drug-likeness (QED) is 0.740. The van der Waals surface area contributed by atoms with Gasteiger partial charge in [-0.05, 0) is 19.1 Å². The summed E-state index contributed by atoms with van der Waals surface area (Å²) in [4.78, 5) is 11.7. The summed E-state index contributed by atoms with van der Waals surface area (Å²) in [5.74, 6) is 0.0544. The molecule has 2 rings (SSSR count). The Hall–Kier alpha value is -0.730. The Bertz CT molecular complexity index is 403.